The van der Waals surface area contributed by atoms with Crippen LogP contribution < -0.4 is 9.46 Å². The number of carboxylic acid groups (broad SMARTS) is 1. The molecule has 1 aromatic carbocycles. The van der Waals surface area contributed by atoms with Crippen molar-refractivity contribution < 1.29 is 32.6 Å². The molecule has 0 saturated heterocycles. The number of methoxy groups -OCH3 is 2. The van der Waals surface area contributed by atoms with Gasteiger partial charge >= 0.3 is 11.9 Å². The quantitative estimate of drug-likeness (QED) is 0.721. The number of ether oxygens (including phenoxy) is 2. The Morgan fingerprint density at radius 3 is 2.38 bits per heavy atom. The lowest BCUT2D eigenvalue weighted by Gasteiger charge is -2.14. The summed E-state index contributed by atoms with van der Waals surface area (Å²) < 4.78 is 35.9. The topological polar surface area (TPSA) is 119 Å². The Bertz CT molecular complexity index is 654. The lowest BCUT2D eigenvalue weighted by atomic mass is 10.2. The van der Waals surface area contributed by atoms with Gasteiger partial charge < -0.3 is 14.6 Å². The first-order valence-corrected chi connectivity index (χ1v) is 7.22. The zero-order valence-electron chi connectivity index (χ0n) is 11.6. The van der Waals surface area contributed by atoms with E-state index in [9.17, 15) is 18.0 Å². The molecular formula is C12H15NO7S. The number of esters is 1. The highest BCUT2D eigenvalue weighted by Gasteiger charge is 2.26. The highest BCUT2D eigenvalue weighted by Crippen LogP contribution is 2.25. The van der Waals surface area contributed by atoms with E-state index in [1.54, 1.807) is 0 Å². The van der Waals surface area contributed by atoms with Crippen LogP contribution in [-0.2, 0) is 19.6 Å². The van der Waals surface area contributed by atoms with E-state index < -0.39 is 28.0 Å². The monoisotopic (exact) mass is 317 g/mol. The molecular weight excluding hydrogens is 302 g/mol. The molecule has 21 heavy (non-hydrogen) atoms. The van der Waals surface area contributed by atoms with Gasteiger partial charge in [0.1, 0.15) is 16.7 Å². The molecule has 0 radical (unpaired) electrons. The highest BCUT2D eigenvalue weighted by atomic mass is 32.2. The van der Waals surface area contributed by atoms with E-state index in [1.807, 2.05) is 0 Å². The third kappa shape index (κ3) is 3.92. The molecule has 0 spiro atoms. The normalized spacial score (nSPS) is 12.5. The maximum Gasteiger partial charge on any atom is 0.335 e. The van der Waals surface area contributed by atoms with Crippen molar-refractivity contribution in [3.05, 3.63) is 23.8 Å². The highest BCUT2D eigenvalue weighted by molar-refractivity contribution is 7.89. The van der Waals surface area contributed by atoms with E-state index in [1.165, 1.54) is 26.2 Å². The van der Waals surface area contributed by atoms with Crippen molar-refractivity contribution in [3.8, 4) is 5.75 Å². The van der Waals surface area contributed by atoms with Crippen LogP contribution in [0.15, 0.2) is 23.1 Å². The average Bonchev–Trinajstić information content (AvgIpc) is 2.44. The molecule has 0 bridgehead atoms. The van der Waals surface area contributed by atoms with Crippen molar-refractivity contribution in [1.82, 2.24) is 4.72 Å². The van der Waals surface area contributed by atoms with Crippen LogP contribution in [0.4, 0.5) is 0 Å². The largest absolute Gasteiger partial charge is 0.495 e. The summed E-state index contributed by atoms with van der Waals surface area (Å²) in [6, 6.07) is 2.26. The van der Waals surface area contributed by atoms with Crippen LogP contribution in [0.3, 0.4) is 0 Å². The Morgan fingerprint density at radius 2 is 1.90 bits per heavy atom. The number of aromatic carboxylic acids is 1. The Balaban J connectivity index is 3.26. The summed E-state index contributed by atoms with van der Waals surface area (Å²) in [6.07, 6.45) is 0. The number of rotatable bonds is 6. The number of carboxylic acids is 1. The molecule has 9 heteroatoms. The van der Waals surface area contributed by atoms with Crippen LogP contribution in [0.5, 0.6) is 5.75 Å². The first-order valence-electron chi connectivity index (χ1n) is 5.74. The minimum Gasteiger partial charge on any atom is -0.495 e. The lowest BCUT2D eigenvalue weighted by Crippen LogP contribution is -2.39. The zero-order chi connectivity index (χ0) is 16.2. The number of hydrogen-bond acceptors (Lipinski definition) is 6. The van der Waals surface area contributed by atoms with E-state index in [2.05, 4.69) is 9.46 Å². The fourth-order valence-electron chi connectivity index (χ4n) is 1.54. The van der Waals surface area contributed by atoms with Gasteiger partial charge in [0.15, 0.2) is 0 Å². The van der Waals surface area contributed by atoms with Gasteiger partial charge in [0.05, 0.1) is 19.8 Å². The molecule has 8 nitrogen and oxygen atoms in total. The summed E-state index contributed by atoms with van der Waals surface area (Å²) in [7, 11) is -1.78. The predicted molar refractivity (Wildman–Crippen MR) is 71.8 cm³/mol. The minimum atomic E-state index is -4.15. The molecule has 0 unspecified atom stereocenters. The Hall–Kier alpha value is -2.13. The Labute approximate surface area is 121 Å². The molecule has 2 N–H and O–H groups in total. The average molecular weight is 317 g/mol. The van der Waals surface area contributed by atoms with Gasteiger partial charge in [0, 0.05) is 0 Å². The van der Waals surface area contributed by atoms with E-state index in [-0.39, 0.29) is 16.2 Å². The molecule has 0 aliphatic carbocycles. The second kappa shape index (κ2) is 6.55. The summed E-state index contributed by atoms with van der Waals surface area (Å²) >= 11 is 0. The van der Waals surface area contributed by atoms with E-state index in [4.69, 9.17) is 9.84 Å². The molecule has 0 aliphatic heterocycles. The first-order chi connectivity index (χ1) is 9.72. The van der Waals surface area contributed by atoms with E-state index in [0.29, 0.717) is 0 Å². The summed E-state index contributed by atoms with van der Waals surface area (Å²) in [6.45, 7) is 1.30. The molecule has 0 heterocycles. The summed E-state index contributed by atoms with van der Waals surface area (Å²) in [5, 5.41) is 8.92. The lowest BCUT2D eigenvalue weighted by molar-refractivity contribution is -0.142. The van der Waals surface area contributed by atoms with Gasteiger partial charge in [0.25, 0.3) is 0 Å². The van der Waals surface area contributed by atoms with Crippen molar-refractivity contribution in [2.24, 2.45) is 0 Å². The summed E-state index contributed by atoms with van der Waals surface area (Å²) in [5.41, 5.74) is -0.220. The van der Waals surface area contributed by atoms with Crippen molar-refractivity contribution >= 4 is 22.0 Å². The van der Waals surface area contributed by atoms with E-state index >= 15 is 0 Å². The second-order valence-electron chi connectivity index (χ2n) is 4.04. The van der Waals surface area contributed by atoms with Crippen LogP contribution in [0, 0.1) is 0 Å². The fraction of sp³-hybridized carbons (Fsp3) is 0.333. The standard InChI is InChI=1S/C12H15NO7S/c1-7(12(16)20-3)13-21(17,18)10-6-8(11(14)15)4-5-9(10)19-2/h4-7,13H,1-3H3,(H,14,15)/t7-/m0/s1. The molecule has 0 saturated carbocycles. The van der Waals surface area contributed by atoms with Crippen molar-refractivity contribution in [1.29, 1.82) is 0 Å². The Morgan fingerprint density at radius 1 is 1.29 bits per heavy atom. The molecule has 1 atom stereocenters. The molecule has 1 rings (SSSR count). The smallest absolute Gasteiger partial charge is 0.335 e. The molecule has 0 aromatic heterocycles. The number of nitrogens with one attached hydrogen (secondary N) is 1. The van der Waals surface area contributed by atoms with Crippen LogP contribution in [0.25, 0.3) is 0 Å². The number of carbonyl (C=O) groups excluding carboxylic acids is 1. The van der Waals surface area contributed by atoms with Crippen LogP contribution in [0.1, 0.15) is 17.3 Å². The van der Waals surface area contributed by atoms with Crippen LogP contribution >= 0.6 is 0 Å². The minimum absolute atomic E-state index is 0.0374. The van der Waals surface area contributed by atoms with Crippen LogP contribution in [-0.4, -0.2) is 45.7 Å². The number of benzene rings is 1. The van der Waals surface area contributed by atoms with Crippen molar-refractivity contribution in [3.63, 3.8) is 0 Å². The predicted octanol–water partition coefficient (Wildman–Crippen LogP) is 0.233. The van der Waals surface area contributed by atoms with Gasteiger partial charge in [0.2, 0.25) is 10.0 Å². The second-order valence-corrected chi connectivity index (χ2v) is 5.72. The maximum atomic E-state index is 12.2. The molecule has 0 aliphatic rings. The fourth-order valence-corrected chi connectivity index (χ4v) is 2.93. The number of carbonyl (C=O) groups is 2. The first kappa shape index (κ1) is 16.9. The molecule has 0 fully saturated rings. The summed E-state index contributed by atoms with van der Waals surface area (Å²) in [4.78, 5) is 21.8. The van der Waals surface area contributed by atoms with Gasteiger partial charge in [-0.2, -0.15) is 4.72 Å². The van der Waals surface area contributed by atoms with E-state index in [0.717, 1.165) is 13.2 Å². The number of hydrogen-bond donors (Lipinski definition) is 2. The third-order valence-corrected chi connectivity index (χ3v) is 4.15. The summed E-state index contributed by atoms with van der Waals surface area (Å²) in [5.74, 6) is -2.09. The van der Waals surface area contributed by atoms with Gasteiger partial charge in [-0.15, -0.1) is 0 Å². The van der Waals surface area contributed by atoms with Gasteiger partial charge in [-0.05, 0) is 25.1 Å². The zero-order valence-corrected chi connectivity index (χ0v) is 12.4. The molecule has 1 aromatic rings. The molecule has 0 amide bonds. The third-order valence-electron chi connectivity index (χ3n) is 2.59. The Kier molecular flexibility index (Phi) is 5.28. The van der Waals surface area contributed by atoms with Crippen molar-refractivity contribution in [2.75, 3.05) is 14.2 Å². The van der Waals surface area contributed by atoms with Crippen LogP contribution in [0.2, 0.25) is 0 Å². The van der Waals surface area contributed by atoms with Crippen molar-refractivity contribution in [2.45, 2.75) is 17.9 Å². The number of sulfonamides is 1. The SMILES string of the molecule is COC(=O)[C@H](C)NS(=O)(=O)c1cc(C(=O)O)ccc1OC. The van der Waals surface area contributed by atoms with Gasteiger partial charge in [-0.25, -0.2) is 13.2 Å². The maximum absolute atomic E-state index is 12.2. The van der Waals surface area contributed by atoms with Gasteiger partial charge in [-0.3, -0.25) is 4.79 Å². The van der Waals surface area contributed by atoms with Gasteiger partial charge in [-0.1, -0.05) is 0 Å². The molecule has 116 valence electrons.